The summed E-state index contributed by atoms with van der Waals surface area (Å²) in [6.07, 6.45) is 0.604. The van der Waals surface area contributed by atoms with Crippen molar-refractivity contribution in [3.63, 3.8) is 0 Å². The highest BCUT2D eigenvalue weighted by Crippen LogP contribution is 2.07. The van der Waals surface area contributed by atoms with Gasteiger partial charge in [0, 0.05) is 34.3 Å². The number of nitrogens with two attached hydrogens (primary N) is 2. The molecule has 0 spiro atoms. The minimum Gasteiger partial charge on any atom is -0.748 e. The molecule has 0 aliphatic heterocycles. The Balaban J connectivity index is 0.000000537. The second kappa shape index (κ2) is 10.6. The fraction of sp³-hybridized carbons (Fsp3) is 0.182. The van der Waals surface area contributed by atoms with Crippen LogP contribution in [0.15, 0.2) is 78.9 Å². The van der Waals surface area contributed by atoms with Gasteiger partial charge in [0.15, 0.2) is 0 Å². The topological polar surface area (TPSA) is 114 Å². The molecule has 3 aromatic rings. The number of benzene rings is 3. The van der Waals surface area contributed by atoms with Gasteiger partial charge in [0.1, 0.15) is 19.6 Å². The lowest BCUT2D eigenvalue weighted by atomic mass is 10.1. The van der Waals surface area contributed by atoms with Gasteiger partial charge in [-0.25, -0.2) is 8.42 Å². The van der Waals surface area contributed by atoms with Gasteiger partial charge in [0.05, 0.1) is 10.1 Å². The molecule has 0 saturated heterocycles. The maximum atomic E-state index is 9.08. The fourth-order valence-electron chi connectivity index (χ4n) is 2.92. The van der Waals surface area contributed by atoms with Gasteiger partial charge >= 0.3 is 0 Å². The Bertz CT molecular complexity index is 919. The summed E-state index contributed by atoms with van der Waals surface area (Å²) in [6.45, 7) is 2.90. The minimum absolute atomic E-state index is 0.604. The highest BCUT2D eigenvalue weighted by atomic mass is 32.2. The third-order valence-corrected chi connectivity index (χ3v) is 4.16. The molecule has 7 heteroatoms. The maximum absolute atomic E-state index is 9.08. The standard InChI is InChI=1S/C21H23N3.CH4O3S/c22-20-10-6-18(7-11-20)15-24(14-17-4-2-1-3-5-17)16-19-8-12-21(23)13-9-19;1-5(2,3)4/h1-13H,14-16,22-23H2;1H3,(H,2,3,4). The minimum atomic E-state index is -3.92. The van der Waals surface area contributed by atoms with Gasteiger partial charge in [0.2, 0.25) is 0 Å². The van der Waals surface area contributed by atoms with E-state index in [1.165, 1.54) is 21.6 Å². The van der Waals surface area contributed by atoms with Crippen molar-refractivity contribution in [1.82, 2.24) is 0 Å². The van der Waals surface area contributed by atoms with E-state index in [-0.39, 0.29) is 0 Å². The zero-order valence-electron chi connectivity index (χ0n) is 16.4. The first-order valence-electron chi connectivity index (χ1n) is 9.16. The largest absolute Gasteiger partial charge is 0.748 e. The molecule has 154 valence electrons. The van der Waals surface area contributed by atoms with Crippen molar-refractivity contribution in [3.05, 3.63) is 95.6 Å². The number of anilines is 2. The predicted molar refractivity (Wildman–Crippen MR) is 116 cm³/mol. The molecule has 0 unspecified atom stereocenters. The predicted octanol–water partition coefficient (Wildman–Crippen LogP) is 1.80. The van der Waals surface area contributed by atoms with E-state index in [4.69, 9.17) is 24.4 Å². The monoisotopic (exact) mass is 413 g/mol. The van der Waals surface area contributed by atoms with E-state index < -0.39 is 10.1 Å². The van der Waals surface area contributed by atoms with Crippen LogP contribution in [0, 0.1) is 0 Å². The summed E-state index contributed by atoms with van der Waals surface area (Å²) in [5.41, 5.74) is 17.2. The van der Waals surface area contributed by atoms with Gasteiger partial charge in [-0.1, -0.05) is 54.6 Å². The lowest BCUT2D eigenvalue weighted by molar-refractivity contribution is -0.941. The third-order valence-electron chi connectivity index (χ3n) is 4.16. The van der Waals surface area contributed by atoms with Gasteiger partial charge in [-0.15, -0.1) is 0 Å². The summed E-state index contributed by atoms with van der Waals surface area (Å²) >= 11 is 0. The van der Waals surface area contributed by atoms with Gasteiger partial charge in [-0.2, -0.15) is 0 Å². The highest BCUT2D eigenvalue weighted by Gasteiger charge is 2.12. The Labute approximate surface area is 172 Å². The second-order valence-electron chi connectivity index (χ2n) is 6.95. The van der Waals surface area contributed by atoms with E-state index in [2.05, 4.69) is 54.6 Å². The molecule has 0 aromatic heterocycles. The molecule has 0 amide bonds. The Morgan fingerprint density at radius 3 is 1.34 bits per heavy atom. The Morgan fingerprint density at radius 2 is 1.00 bits per heavy atom. The van der Waals surface area contributed by atoms with Gasteiger partial charge in [-0.05, 0) is 24.3 Å². The molecule has 0 radical (unpaired) electrons. The second-order valence-corrected chi connectivity index (χ2v) is 8.36. The SMILES string of the molecule is CS(=O)(=O)[O-].Nc1ccc(C[NH+](Cc2ccccc2)Cc2ccc(N)cc2)cc1. The molecule has 3 aromatic carbocycles. The van der Waals surface area contributed by atoms with E-state index in [1.54, 1.807) is 0 Å². The van der Waals surface area contributed by atoms with E-state index in [1.807, 2.05) is 24.3 Å². The van der Waals surface area contributed by atoms with Crippen LogP contribution < -0.4 is 16.4 Å². The number of hydrogen-bond acceptors (Lipinski definition) is 5. The number of hydrogen-bond donors (Lipinski definition) is 3. The zero-order valence-corrected chi connectivity index (χ0v) is 17.2. The molecule has 5 N–H and O–H groups in total. The average Bonchev–Trinajstić information content (AvgIpc) is 2.65. The van der Waals surface area contributed by atoms with E-state index in [9.17, 15) is 0 Å². The first kappa shape index (κ1) is 22.4. The smallest absolute Gasteiger partial charge is 0.103 e. The Morgan fingerprint density at radius 1 is 0.690 bits per heavy atom. The summed E-state index contributed by atoms with van der Waals surface area (Å²) in [7, 11) is -3.92. The van der Waals surface area contributed by atoms with Crippen LogP contribution in [-0.4, -0.2) is 19.2 Å². The van der Waals surface area contributed by atoms with E-state index in [0.29, 0.717) is 6.26 Å². The first-order valence-corrected chi connectivity index (χ1v) is 11.0. The summed E-state index contributed by atoms with van der Waals surface area (Å²) in [5, 5.41) is 0. The zero-order chi connectivity index (χ0) is 21.3. The Kier molecular flexibility index (Phi) is 8.21. The van der Waals surface area contributed by atoms with Crippen LogP contribution in [0.1, 0.15) is 16.7 Å². The lowest BCUT2D eigenvalue weighted by Gasteiger charge is -2.20. The molecule has 0 bridgehead atoms. The number of nitrogen functional groups attached to an aromatic ring is 2. The van der Waals surface area contributed by atoms with Gasteiger partial charge in [0.25, 0.3) is 0 Å². The van der Waals surface area contributed by atoms with Crippen molar-refractivity contribution in [1.29, 1.82) is 0 Å². The average molecular weight is 414 g/mol. The van der Waals surface area contributed by atoms with Crippen LogP contribution in [0.3, 0.4) is 0 Å². The van der Waals surface area contributed by atoms with Crippen LogP contribution in [0.2, 0.25) is 0 Å². The van der Waals surface area contributed by atoms with Crippen molar-refractivity contribution < 1.29 is 17.9 Å². The van der Waals surface area contributed by atoms with Crippen molar-refractivity contribution in [2.75, 3.05) is 17.7 Å². The summed E-state index contributed by atoms with van der Waals surface area (Å²) in [4.78, 5) is 1.48. The van der Waals surface area contributed by atoms with Crippen LogP contribution >= 0.6 is 0 Å². The lowest BCUT2D eigenvalue weighted by Crippen LogP contribution is -3.08. The fourth-order valence-corrected chi connectivity index (χ4v) is 2.92. The molecule has 6 nitrogen and oxygen atoms in total. The molecule has 29 heavy (non-hydrogen) atoms. The van der Waals surface area contributed by atoms with Gasteiger partial charge < -0.3 is 20.9 Å². The molecule has 0 saturated carbocycles. The summed E-state index contributed by atoms with van der Waals surface area (Å²) in [5.74, 6) is 0. The molecule has 0 fully saturated rings. The molecule has 0 heterocycles. The van der Waals surface area contributed by atoms with Gasteiger partial charge in [-0.3, -0.25) is 0 Å². The van der Waals surface area contributed by atoms with Crippen LogP contribution in [-0.2, 0) is 29.8 Å². The molecular formula is C22H27N3O3S. The molecule has 3 rings (SSSR count). The molecular weight excluding hydrogens is 386 g/mol. The van der Waals surface area contributed by atoms with E-state index in [0.717, 1.165) is 31.0 Å². The highest BCUT2D eigenvalue weighted by molar-refractivity contribution is 7.84. The first-order chi connectivity index (χ1) is 13.7. The molecule has 0 aliphatic carbocycles. The van der Waals surface area contributed by atoms with Crippen molar-refractivity contribution in [3.8, 4) is 0 Å². The van der Waals surface area contributed by atoms with Crippen molar-refractivity contribution in [2.45, 2.75) is 19.6 Å². The van der Waals surface area contributed by atoms with Crippen LogP contribution in [0.4, 0.5) is 11.4 Å². The van der Waals surface area contributed by atoms with Crippen molar-refractivity contribution >= 4 is 21.5 Å². The van der Waals surface area contributed by atoms with Crippen LogP contribution in [0.5, 0.6) is 0 Å². The number of rotatable bonds is 6. The maximum Gasteiger partial charge on any atom is 0.103 e. The Hall–Kier alpha value is -2.87. The van der Waals surface area contributed by atoms with E-state index >= 15 is 0 Å². The third kappa shape index (κ3) is 9.75. The summed E-state index contributed by atoms with van der Waals surface area (Å²) < 4.78 is 27.2. The van der Waals surface area contributed by atoms with Crippen molar-refractivity contribution in [2.24, 2.45) is 0 Å². The van der Waals surface area contributed by atoms with Crippen LogP contribution in [0.25, 0.3) is 0 Å². The quantitative estimate of drug-likeness (QED) is 0.421. The molecule has 0 aliphatic rings. The summed E-state index contributed by atoms with van der Waals surface area (Å²) in [6, 6.07) is 27.0. The number of nitrogens with one attached hydrogen (secondary N) is 1. The molecule has 0 atom stereocenters. The normalized spacial score (nSPS) is 11.0. The number of quaternary nitrogens is 1.